The maximum Gasteiger partial charge on any atom is 0.340 e. The molecule has 0 aromatic heterocycles. The summed E-state index contributed by atoms with van der Waals surface area (Å²) in [6, 6.07) is 9.56. The summed E-state index contributed by atoms with van der Waals surface area (Å²) in [5.74, 6) is -0.798. The van der Waals surface area contributed by atoms with Crippen molar-refractivity contribution in [1.29, 1.82) is 0 Å². The van der Waals surface area contributed by atoms with Gasteiger partial charge in [-0.2, -0.15) is 0 Å². The molecule has 0 atom stereocenters. The molecule has 3 N–H and O–H groups in total. The first kappa shape index (κ1) is 14.8. The molecule has 0 bridgehead atoms. The highest BCUT2D eigenvalue weighted by molar-refractivity contribution is 5.96. The molecule has 0 heterocycles. The molecular formula is C16H17FN2O2. The number of nitrogen functional groups attached to an aromatic ring is 1. The van der Waals surface area contributed by atoms with Gasteiger partial charge in [0.2, 0.25) is 0 Å². The van der Waals surface area contributed by atoms with E-state index in [4.69, 9.17) is 10.5 Å². The lowest BCUT2D eigenvalue weighted by molar-refractivity contribution is 0.0527. The maximum absolute atomic E-state index is 13.4. The highest BCUT2D eigenvalue weighted by atomic mass is 19.1. The molecule has 0 radical (unpaired) electrons. The van der Waals surface area contributed by atoms with Crippen molar-refractivity contribution in [2.75, 3.05) is 17.7 Å². The van der Waals surface area contributed by atoms with Crippen LogP contribution in [-0.2, 0) is 4.74 Å². The third kappa shape index (κ3) is 3.72. The molecule has 2 rings (SSSR count). The predicted octanol–water partition coefficient (Wildman–Crippen LogP) is 3.64. The number of esters is 1. The Morgan fingerprint density at radius 2 is 2.00 bits per heavy atom. The van der Waals surface area contributed by atoms with E-state index in [1.54, 1.807) is 32.0 Å². The molecular weight excluding hydrogens is 271 g/mol. The summed E-state index contributed by atoms with van der Waals surface area (Å²) in [5.41, 5.74) is 8.45. The minimum absolute atomic E-state index is 0.277. The zero-order valence-corrected chi connectivity index (χ0v) is 11.9. The van der Waals surface area contributed by atoms with Crippen LogP contribution in [0.5, 0.6) is 0 Å². The SMILES string of the molecule is CCOC(=O)c1cc(Nc2cc(C)cc(F)c2)ccc1N. The van der Waals surface area contributed by atoms with Crippen molar-refractivity contribution in [3.63, 3.8) is 0 Å². The molecule has 0 fully saturated rings. The van der Waals surface area contributed by atoms with E-state index in [-0.39, 0.29) is 18.0 Å². The first-order chi connectivity index (χ1) is 9.99. The van der Waals surface area contributed by atoms with Crippen LogP contribution in [-0.4, -0.2) is 12.6 Å². The number of carbonyl (C=O) groups excluding carboxylic acids is 1. The van der Waals surface area contributed by atoms with Crippen LogP contribution in [0.25, 0.3) is 0 Å². The van der Waals surface area contributed by atoms with Crippen LogP contribution in [0, 0.1) is 12.7 Å². The zero-order valence-electron chi connectivity index (χ0n) is 11.9. The molecule has 0 saturated carbocycles. The number of ether oxygens (including phenoxy) is 1. The van der Waals surface area contributed by atoms with E-state index in [0.29, 0.717) is 17.1 Å². The molecule has 0 unspecified atom stereocenters. The Morgan fingerprint density at radius 3 is 2.67 bits per heavy atom. The normalized spacial score (nSPS) is 10.2. The summed E-state index contributed by atoms with van der Waals surface area (Å²) in [6.07, 6.45) is 0. The van der Waals surface area contributed by atoms with Crippen molar-refractivity contribution in [3.8, 4) is 0 Å². The summed E-state index contributed by atoms with van der Waals surface area (Å²) in [5, 5.41) is 3.05. The number of carbonyl (C=O) groups is 1. The van der Waals surface area contributed by atoms with Gasteiger partial charge in [-0.1, -0.05) is 0 Å². The van der Waals surface area contributed by atoms with Gasteiger partial charge in [0.25, 0.3) is 0 Å². The molecule has 110 valence electrons. The lowest BCUT2D eigenvalue weighted by Crippen LogP contribution is -2.08. The molecule has 2 aromatic rings. The van der Waals surface area contributed by atoms with Crippen LogP contribution in [0.2, 0.25) is 0 Å². The Balaban J connectivity index is 2.28. The third-order valence-electron chi connectivity index (χ3n) is 2.88. The van der Waals surface area contributed by atoms with Gasteiger partial charge in [-0.15, -0.1) is 0 Å². The summed E-state index contributed by atoms with van der Waals surface area (Å²) >= 11 is 0. The fourth-order valence-corrected chi connectivity index (χ4v) is 1.99. The fraction of sp³-hybridized carbons (Fsp3) is 0.188. The van der Waals surface area contributed by atoms with E-state index in [0.717, 1.165) is 5.56 Å². The molecule has 0 aliphatic rings. The summed E-state index contributed by atoms with van der Waals surface area (Å²) < 4.78 is 18.3. The van der Waals surface area contributed by atoms with Gasteiger partial charge >= 0.3 is 5.97 Å². The highest BCUT2D eigenvalue weighted by Crippen LogP contribution is 2.23. The van der Waals surface area contributed by atoms with Crippen LogP contribution in [0.3, 0.4) is 0 Å². The van der Waals surface area contributed by atoms with Crippen molar-refractivity contribution in [3.05, 3.63) is 53.3 Å². The van der Waals surface area contributed by atoms with Crippen molar-refractivity contribution < 1.29 is 13.9 Å². The van der Waals surface area contributed by atoms with Crippen LogP contribution in [0.4, 0.5) is 21.5 Å². The van der Waals surface area contributed by atoms with E-state index < -0.39 is 5.97 Å². The average Bonchev–Trinajstić information content (AvgIpc) is 2.40. The lowest BCUT2D eigenvalue weighted by Gasteiger charge is -2.11. The molecule has 2 aromatic carbocycles. The minimum Gasteiger partial charge on any atom is -0.462 e. The van der Waals surface area contributed by atoms with Gasteiger partial charge in [-0.25, -0.2) is 9.18 Å². The average molecular weight is 288 g/mol. The molecule has 0 amide bonds. The van der Waals surface area contributed by atoms with Crippen molar-refractivity contribution in [1.82, 2.24) is 0 Å². The number of aryl methyl sites for hydroxylation is 1. The Labute approximate surface area is 122 Å². The Kier molecular flexibility index (Phi) is 4.42. The van der Waals surface area contributed by atoms with Gasteiger partial charge < -0.3 is 15.8 Å². The molecule has 5 heteroatoms. The number of benzene rings is 2. The van der Waals surface area contributed by atoms with E-state index in [1.165, 1.54) is 12.1 Å². The number of halogens is 1. The molecule has 0 saturated heterocycles. The second-order valence-corrected chi connectivity index (χ2v) is 4.66. The van der Waals surface area contributed by atoms with E-state index in [1.807, 2.05) is 6.07 Å². The van der Waals surface area contributed by atoms with Crippen LogP contribution >= 0.6 is 0 Å². The van der Waals surface area contributed by atoms with Crippen molar-refractivity contribution in [2.45, 2.75) is 13.8 Å². The molecule has 0 aliphatic heterocycles. The quantitative estimate of drug-likeness (QED) is 0.666. The lowest BCUT2D eigenvalue weighted by atomic mass is 10.1. The number of anilines is 3. The molecule has 0 aliphatic carbocycles. The first-order valence-electron chi connectivity index (χ1n) is 6.60. The summed E-state index contributed by atoms with van der Waals surface area (Å²) in [4.78, 5) is 11.8. The Morgan fingerprint density at radius 1 is 1.24 bits per heavy atom. The highest BCUT2D eigenvalue weighted by Gasteiger charge is 2.11. The van der Waals surface area contributed by atoms with Crippen molar-refractivity contribution >= 4 is 23.0 Å². The van der Waals surface area contributed by atoms with E-state index in [2.05, 4.69) is 5.32 Å². The van der Waals surface area contributed by atoms with Crippen molar-refractivity contribution in [2.24, 2.45) is 0 Å². The fourth-order valence-electron chi connectivity index (χ4n) is 1.99. The summed E-state index contributed by atoms with van der Waals surface area (Å²) in [7, 11) is 0. The number of hydrogen-bond acceptors (Lipinski definition) is 4. The van der Waals surface area contributed by atoms with Gasteiger partial charge in [0, 0.05) is 17.1 Å². The zero-order chi connectivity index (χ0) is 15.4. The van der Waals surface area contributed by atoms with Gasteiger partial charge in [0.05, 0.1) is 12.2 Å². The van der Waals surface area contributed by atoms with Crippen LogP contribution < -0.4 is 11.1 Å². The largest absolute Gasteiger partial charge is 0.462 e. The summed E-state index contributed by atoms with van der Waals surface area (Å²) in [6.45, 7) is 3.81. The van der Waals surface area contributed by atoms with Gasteiger partial charge in [0.15, 0.2) is 0 Å². The third-order valence-corrected chi connectivity index (χ3v) is 2.88. The first-order valence-corrected chi connectivity index (χ1v) is 6.60. The minimum atomic E-state index is -0.478. The number of hydrogen-bond donors (Lipinski definition) is 2. The van der Waals surface area contributed by atoms with Gasteiger partial charge in [-0.3, -0.25) is 0 Å². The topological polar surface area (TPSA) is 64.3 Å². The molecule has 4 nitrogen and oxygen atoms in total. The maximum atomic E-state index is 13.4. The van der Waals surface area contributed by atoms with Crippen LogP contribution in [0.15, 0.2) is 36.4 Å². The second-order valence-electron chi connectivity index (χ2n) is 4.66. The number of nitrogens with one attached hydrogen (secondary N) is 1. The van der Waals surface area contributed by atoms with Gasteiger partial charge in [0.1, 0.15) is 5.82 Å². The standard InChI is InChI=1S/C16H17FN2O2/c1-3-21-16(20)14-9-12(4-5-15(14)18)19-13-7-10(2)6-11(17)8-13/h4-9,19H,3,18H2,1-2H3. The molecule has 21 heavy (non-hydrogen) atoms. The second kappa shape index (κ2) is 6.26. The monoisotopic (exact) mass is 288 g/mol. The smallest absolute Gasteiger partial charge is 0.340 e. The Bertz CT molecular complexity index is 651. The van der Waals surface area contributed by atoms with Gasteiger partial charge in [-0.05, 0) is 55.8 Å². The van der Waals surface area contributed by atoms with E-state index >= 15 is 0 Å². The Hall–Kier alpha value is -2.56. The predicted molar refractivity (Wildman–Crippen MR) is 81.2 cm³/mol. The van der Waals surface area contributed by atoms with Crippen LogP contribution in [0.1, 0.15) is 22.8 Å². The number of rotatable bonds is 4. The molecule has 0 spiro atoms. The van der Waals surface area contributed by atoms with E-state index in [9.17, 15) is 9.18 Å². The number of nitrogens with two attached hydrogens (primary N) is 1.